The molecule has 1 aliphatic heterocycles. The average Bonchev–Trinajstić information content (AvgIpc) is 2.83. The van der Waals surface area contributed by atoms with Gasteiger partial charge in [-0.25, -0.2) is 13.1 Å². The number of hydrogen-bond acceptors (Lipinski definition) is 4. The van der Waals surface area contributed by atoms with E-state index in [-0.39, 0.29) is 6.04 Å². The summed E-state index contributed by atoms with van der Waals surface area (Å²) in [5, 5.41) is 1.43. The molecule has 1 unspecified atom stereocenters. The zero-order chi connectivity index (χ0) is 15.0. The van der Waals surface area contributed by atoms with E-state index in [1.165, 1.54) is 0 Å². The number of hydrogen-bond donors (Lipinski definition) is 2. The van der Waals surface area contributed by atoms with Crippen LogP contribution in [0.2, 0.25) is 0 Å². The maximum atomic E-state index is 12.6. The molecule has 3 N–H and O–H groups in total. The Bertz CT molecular complexity index is 774. The summed E-state index contributed by atoms with van der Waals surface area (Å²) in [7, 11) is -1.55. The smallest absolute Gasteiger partial charge is 0.241 e. The first kappa shape index (κ1) is 14.3. The van der Waals surface area contributed by atoms with Gasteiger partial charge in [0, 0.05) is 29.0 Å². The van der Waals surface area contributed by atoms with E-state index in [4.69, 9.17) is 5.73 Å². The molecule has 2 aromatic rings. The van der Waals surface area contributed by atoms with E-state index in [0.717, 1.165) is 24.9 Å². The first-order valence-electron chi connectivity index (χ1n) is 6.95. The maximum absolute atomic E-state index is 12.6. The monoisotopic (exact) mass is 305 g/mol. The molecular weight excluding hydrogens is 286 g/mol. The number of likely N-dealkylation sites (tertiary alicyclic amines) is 1. The Balaban J connectivity index is 2.01. The second kappa shape index (κ2) is 5.29. The first-order chi connectivity index (χ1) is 9.97. The summed E-state index contributed by atoms with van der Waals surface area (Å²) in [4.78, 5) is 2.41. The molecule has 3 rings (SSSR count). The van der Waals surface area contributed by atoms with Crippen molar-refractivity contribution >= 4 is 26.5 Å². The van der Waals surface area contributed by atoms with Crippen LogP contribution in [-0.4, -0.2) is 39.5 Å². The highest BCUT2D eigenvalue weighted by Gasteiger charge is 2.26. The van der Waals surface area contributed by atoms with Gasteiger partial charge in [-0.15, -0.1) is 0 Å². The van der Waals surface area contributed by atoms with E-state index in [9.17, 15) is 8.42 Å². The summed E-state index contributed by atoms with van der Waals surface area (Å²) >= 11 is 0. The Kier molecular flexibility index (Phi) is 3.61. The highest BCUT2D eigenvalue weighted by Crippen LogP contribution is 2.28. The van der Waals surface area contributed by atoms with Crippen molar-refractivity contribution in [3.05, 3.63) is 36.4 Å². The number of benzene rings is 2. The Labute approximate surface area is 124 Å². The van der Waals surface area contributed by atoms with Crippen molar-refractivity contribution in [1.29, 1.82) is 0 Å². The van der Waals surface area contributed by atoms with Crippen molar-refractivity contribution in [3.63, 3.8) is 0 Å². The second-order valence-electron chi connectivity index (χ2n) is 5.57. The number of nitrogen functional groups attached to an aromatic ring is 1. The maximum Gasteiger partial charge on any atom is 0.241 e. The lowest BCUT2D eigenvalue weighted by Crippen LogP contribution is -2.36. The summed E-state index contributed by atoms with van der Waals surface area (Å²) in [5.74, 6) is 0. The largest absolute Gasteiger partial charge is 0.398 e. The van der Waals surface area contributed by atoms with Crippen LogP contribution in [0.4, 0.5) is 5.69 Å². The molecule has 5 nitrogen and oxygen atoms in total. The van der Waals surface area contributed by atoms with Crippen molar-refractivity contribution in [2.45, 2.75) is 17.4 Å². The van der Waals surface area contributed by atoms with Crippen molar-refractivity contribution in [2.24, 2.45) is 0 Å². The number of nitrogens with zero attached hydrogens (tertiary/aromatic N) is 1. The predicted molar refractivity (Wildman–Crippen MR) is 84.6 cm³/mol. The van der Waals surface area contributed by atoms with Gasteiger partial charge in [0.2, 0.25) is 10.0 Å². The van der Waals surface area contributed by atoms with Gasteiger partial charge in [-0.2, -0.15) is 0 Å². The molecule has 112 valence electrons. The van der Waals surface area contributed by atoms with Crippen LogP contribution >= 0.6 is 0 Å². The van der Waals surface area contributed by atoms with Gasteiger partial charge in [0.1, 0.15) is 0 Å². The highest BCUT2D eigenvalue weighted by molar-refractivity contribution is 7.89. The number of sulfonamides is 1. The Morgan fingerprint density at radius 2 is 1.90 bits per heavy atom. The standard InChI is InChI=1S/C15H19N3O2S/c1-18-9-8-11(10-18)17-21(19,20)15-7-6-14(16)12-4-2-3-5-13(12)15/h2-7,11,17H,8-10,16H2,1H3. The van der Waals surface area contributed by atoms with E-state index in [1.807, 2.05) is 25.2 Å². The molecule has 0 saturated carbocycles. The van der Waals surface area contributed by atoms with Crippen molar-refractivity contribution in [1.82, 2.24) is 9.62 Å². The highest BCUT2D eigenvalue weighted by atomic mass is 32.2. The van der Waals surface area contributed by atoms with Gasteiger partial charge in [-0.1, -0.05) is 24.3 Å². The Morgan fingerprint density at radius 1 is 1.19 bits per heavy atom. The number of nitrogens with two attached hydrogens (primary N) is 1. The lowest BCUT2D eigenvalue weighted by Gasteiger charge is -2.15. The van der Waals surface area contributed by atoms with Crippen LogP contribution in [0.5, 0.6) is 0 Å². The van der Waals surface area contributed by atoms with E-state index in [1.54, 1.807) is 18.2 Å². The molecule has 1 aliphatic rings. The van der Waals surface area contributed by atoms with Gasteiger partial charge in [-0.05, 0) is 32.1 Å². The van der Waals surface area contributed by atoms with Gasteiger partial charge in [0.15, 0.2) is 0 Å². The number of nitrogens with one attached hydrogen (secondary N) is 1. The minimum atomic E-state index is -3.54. The fraction of sp³-hybridized carbons (Fsp3) is 0.333. The molecular formula is C15H19N3O2S. The lowest BCUT2D eigenvalue weighted by atomic mass is 10.1. The van der Waals surface area contributed by atoms with E-state index in [2.05, 4.69) is 9.62 Å². The first-order valence-corrected chi connectivity index (χ1v) is 8.44. The molecule has 0 spiro atoms. The molecule has 0 aliphatic carbocycles. The van der Waals surface area contributed by atoms with Crippen LogP contribution in [0.25, 0.3) is 10.8 Å². The van der Waals surface area contributed by atoms with Gasteiger partial charge in [0.25, 0.3) is 0 Å². The minimum Gasteiger partial charge on any atom is -0.398 e. The van der Waals surface area contributed by atoms with E-state index >= 15 is 0 Å². The Hall–Kier alpha value is -1.63. The zero-order valence-electron chi connectivity index (χ0n) is 11.9. The quantitative estimate of drug-likeness (QED) is 0.841. The van der Waals surface area contributed by atoms with Crippen LogP contribution in [0.1, 0.15) is 6.42 Å². The second-order valence-corrected chi connectivity index (χ2v) is 7.25. The molecule has 21 heavy (non-hydrogen) atoms. The third-order valence-electron chi connectivity index (χ3n) is 3.92. The molecule has 6 heteroatoms. The van der Waals surface area contributed by atoms with Crippen molar-refractivity contribution < 1.29 is 8.42 Å². The molecule has 0 aromatic heterocycles. The molecule has 0 amide bonds. The zero-order valence-corrected chi connectivity index (χ0v) is 12.7. The molecule has 0 radical (unpaired) electrons. The SMILES string of the molecule is CN1CCC(NS(=O)(=O)c2ccc(N)c3ccccc23)C1. The molecule has 1 atom stereocenters. The van der Waals surface area contributed by atoms with Crippen LogP contribution in [0, 0.1) is 0 Å². The summed E-state index contributed by atoms with van der Waals surface area (Å²) in [6.45, 7) is 1.65. The molecule has 0 bridgehead atoms. The normalized spacial score (nSPS) is 20.1. The van der Waals surface area contributed by atoms with Crippen molar-refractivity contribution in [2.75, 3.05) is 25.9 Å². The number of rotatable bonds is 3. The summed E-state index contributed by atoms with van der Waals surface area (Å²) in [5.41, 5.74) is 6.52. The average molecular weight is 305 g/mol. The van der Waals surface area contributed by atoms with Gasteiger partial charge in [0.05, 0.1) is 4.90 Å². The van der Waals surface area contributed by atoms with Gasteiger partial charge >= 0.3 is 0 Å². The van der Waals surface area contributed by atoms with E-state index < -0.39 is 10.0 Å². The van der Waals surface area contributed by atoms with Crippen LogP contribution in [0.15, 0.2) is 41.3 Å². The van der Waals surface area contributed by atoms with Gasteiger partial charge < -0.3 is 10.6 Å². The number of fused-ring (bicyclic) bond motifs is 1. The summed E-state index contributed by atoms with van der Waals surface area (Å²) < 4.78 is 28.1. The number of anilines is 1. The van der Waals surface area contributed by atoms with Crippen LogP contribution in [0.3, 0.4) is 0 Å². The summed E-state index contributed by atoms with van der Waals surface area (Å²) in [6.07, 6.45) is 0.836. The number of likely N-dealkylation sites (N-methyl/N-ethyl adjacent to an activating group) is 1. The topological polar surface area (TPSA) is 75.4 Å². The predicted octanol–water partition coefficient (Wildman–Crippen LogP) is 1.40. The molecule has 1 fully saturated rings. The van der Waals surface area contributed by atoms with Crippen molar-refractivity contribution in [3.8, 4) is 0 Å². The third-order valence-corrected chi connectivity index (χ3v) is 5.50. The molecule has 2 aromatic carbocycles. The lowest BCUT2D eigenvalue weighted by molar-refractivity contribution is 0.407. The van der Waals surface area contributed by atoms with Crippen LogP contribution in [-0.2, 0) is 10.0 Å². The van der Waals surface area contributed by atoms with Crippen LogP contribution < -0.4 is 10.5 Å². The van der Waals surface area contributed by atoms with Gasteiger partial charge in [-0.3, -0.25) is 0 Å². The molecule has 1 saturated heterocycles. The molecule has 1 heterocycles. The fourth-order valence-electron chi connectivity index (χ4n) is 2.84. The van der Waals surface area contributed by atoms with E-state index in [0.29, 0.717) is 16.0 Å². The fourth-order valence-corrected chi connectivity index (χ4v) is 4.32. The summed E-state index contributed by atoms with van der Waals surface area (Å²) in [6, 6.07) is 10.5. The Morgan fingerprint density at radius 3 is 2.57 bits per heavy atom. The minimum absolute atomic E-state index is 0.0312. The third kappa shape index (κ3) is 2.74.